The van der Waals surface area contributed by atoms with Gasteiger partial charge < -0.3 is 4.42 Å². The van der Waals surface area contributed by atoms with Gasteiger partial charge in [0.2, 0.25) is 11.2 Å². The lowest BCUT2D eigenvalue weighted by molar-refractivity contribution is -0.508. The van der Waals surface area contributed by atoms with Gasteiger partial charge in [-0.25, -0.2) is 4.98 Å². The fraction of sp³-hybridized carbons (Fsp3) is 0.100. The zero-order chi connectivity index (χ0) is 19.3. The number of thiazole rings is 1. The molecule has 0 fully saturated rings. The quantitative estimate of drug-likeness (QED) is 0.368. The number of rotatable bonds is 6. The van der Waals surface area contributed by atoms with Crippen LogP contribution < -0.4 is 5.43 Å². The van der Waals surface area contributed by atoms with Crippen molar-refractivity contribution in [1.82, 2.24) is 4.98 Å². The van der Waals surface area contributed by atoms with Crippen LogP contribution in [0.2, 0.25) is 0 Å². The summed E-state index contributed by atoms with van der Waals surface area (Å²) in [5.74, 6) is 1.23. The third-order valence-electron chi connectivity index (χ3n) is 4.18. The largest absolute Gasteiger partial charge is 0.455 e. The Hall–Kier alpha value is -3.52. The van der Waals surface area contributed by atoms with Crippen molar-refractivity contribution in [3.8, 4) is 11.3 Å². The van der Waals surface area contributed by atoms with E-state index in [2.05, 4.69) is 15.5 Å². The molecule has 2 heterocycles. The summed E-state index contributed by atoms with van der Waals surface area (Å²) in [6.07, 6.45) is 7.04. The van der Waals surface area contributed by atoms with Crippen molar-refractivity contribution in [3.05, 3.63) is 87.7 Å². The van der Waals surface area contributed by atoms with E-state index in [1.807, 2.05) is 47.9 Å². The highest BCUT2D eigenvalue weighted by Gasteiger charge is 2.19. The van der Waals surface area contributed by atoms with Crippen molar-refractivity contribution < 1.29 is 9.34 Å². The Morgan fingerprint density at radius 3 is 2.89 bits per heavy atom. The maximum Gasteiger partial charge on any atom is 0.235 e. The lowest BCUT2D eigenvalue weighted by Crippen LogP contribution is -2.17. The molecule has 3 aromatic rings. The molecule has 140 valence electrons. The molecule has 0 saturated heterocycles. The van der Waals surface area contributed by atoms with Crippen molar-refractivity contribution >= 4 is 28.3 Å². The van der Waals surface area contributed by atoms with Crippen molar-refractivity contribution in [2.75, 3.05) is 5.43 Å². The fourth-order valence-electron chi connectivity index (χ4n) is 2.74. The Labute approximate surface area is 164 Å². The van der Waals surface area contributed by atoms with E-state index >= 15 is 0 Å². The van der Waals surface area contributed by atoms with Gasteiger partial charge in [0.1, 0.15) is 11.5 Å². The monoisotopic (exact) mass is 392 g/mol. The standard InChI is InChI=1S/C20H16N4O3S/c25-24(26)16-8-6-15(7-9-16)19-11-10-17(27-19)12-21-23-20-22-18(13-28-20)14-4-2-1-3-5-14/h1-8,10-13,16H,9H2,(H,22,23)/b21-12+. The number of hydrazone groups is 1. The van der Waals surface area contributed by atoms with Crippen LogP contribution in [0.4, 0.5) is 5.13 Å². The van der Waals surface area contributed by atoms with Crippen LogP contribution in [0.25, 0.3) is 16.8 Å². The Balaban J connectivity index is 1.37. The first-order valence-corrected chi connectivity index (χ1v) is 9.49. The molecule has 0 saturated carbocycles. The maximum absolute atomic E-state index is 10.8. The molecule has 0 radical (unpaired) electrons. The van der Waals surface area contributed by atoms with E-state index in [-0.39, 0.29) is 4.92 Å². The normalized spacial score (nSPS) is 16.3. The highest BCUT2D eigenvalue weighted by atomic mass is 32.1. The molecule has 0 bridgehead atoms. The van der Waals surface area contributed by atoms with E-state index in [4.69, 9.17) is 4.42 Å². The zero-order valence-corrected chi connectivity index (χ0v) is 15.5. The molecule has 0 amide bonds. The van der Waals surface area contributed by atoms with Gasteiger partial charge in [-0.2, -0.15) is 5.10 Å². The number of nitro groups is 1. The van der Waals surface area contributed by atoms with Crippen LogP contribution in [-0.2, 0) is 0 Å². The predicted molar refractivity (Wildman–Crippen MR) is 110 cm³/mol. The maximum atomic E-state index is 10.8. The number of benzene rings is 1. The number of furan rings is 1. The van der Waals surface area contributed by atoms with E-state index in [1.165, 1.54) is 11.3 Å². The summed E-state index contributed by atoms with van der Waals surface area (Å²) >= 11 is 1.47. The molecule has 8 heteroatoms. The number of anilines is 1. The third-order valence-corrected chi connectivity index (χ3v) is 4.93. The number of nitrogens with zero attached hydrogens (tertiary/aromatic N) is 3. The SMILES string of the molecule is O=[N+]([O-])C1C=CC(c2ccc(/C=N/Nc3nc(-c4ccccc4)cs3)o2)=CC1. The van der Waals surface area contributed by atoms with Crippen LogP contribution >= 0.6 is 11.3 Å². The van der Waals surface area contributed by atoms with Gasteiger partial charge in [0, 0.05) is 27.9 Å². The molecule has 7 nitrogen and oxygen atoms in total. The summed E-state index contributed by atoms with van der Waals surface area (Å²) in [7, 11) is 0. The molecule has 2 aromatic heterocycles. The molecule has 28 heavy (non-hydrogen) atoms. The summed E-state index contributed by atoms with van der Waals surface area (Å²) in [6, 6.07) is 12.9. The number of aromatic nitrogens is 1. The van der Waals surface area contributed by atoms with Crippen molar-refractivity contribution in [1.29, 1.82) is 0 Å². The van der Waals surface area contributed by atoms with Gasteiger partial charge in [0.25, 0.3) is 0 Å². The minimum Gasteiger partial charge on any atom is -0.455 e. The average molecular weight is 392 g/mol. The zero-order valence-electron chi connectivity index (χ0n) is 14.7. The van der Waals surface area contributed by atoms with Crippen LogP contribution in [-0.4, -0.2) is 22.2 Å². The first-order valence-electron chi connectivity index (χ1n) is 8.61. The molecular weight excluding hydrogens is 376 g/mol. The van der Waals surface area contributed by atoms with Gasteiger partial charge in [0.15, 0.2) is 0 Å². The summed E-state index contributed by atoms with van der Waals surface area (Å²) in [5, 5.41) is 17.6. The summed E-state index contributed by atoms with van der Waals surface area (Å²) in [6.45, 7) is 0. The lowest BCUT2D eigenvalue weighted by atomic mass is 10.0. The topological polar surface area (TPSA) is 93.6 Å². The number of hydrogen-bond acceptors (Lipinski definition) is 7. The molecule has 0 aliphatic heterocycles. The van der Waals surface area contributed by atoms with Gasteiger partial charge in [-0.05, 0) is 24.3 Å². The number of nitrogens with one attached hydrogen (secondary N) is 1. The lowest BCUT2D eigenvalue weighted by Gasteiger charge is -2.08. The predicted octanol–water partition coefficient (Wildman–Crippen LogP) is 4.84. The van der Waals surface area contributed by atoms with E-state index < -0.39 is 6.04 Å². The van der Waals surface area contributed by atoms with Gasteiger partial charge >= 0.3 is 0 Å². The second-order valence-electron chi connectivity index (χ2n) is 6.08. The van der Waals surface area contributed by atoms with Crippen molar-refractivity contribution in [3.63, 3.8) is 0 Å². The molecule has 1 unspecified atom stereocenters. The Bertz CT molecular complexity index is 1070. The van der Waals surface area contributed by atoms with Crippen LogP contribution in [0, 0.1) is 10.1 Å². The third kappa shape index (κ3) is 4.07. The van der Waals surface area contributed by atoms with Crippen molar-refractivity contribution in [2.24, 2.45) is 5.10 Å². The Morgan fingerprint density at radius 1 is 1.29 bits per heavy atom. The molecule has 4 rings (SSSR count). The summed E-state index contributed by atoms with van der Waals surface area (Å²) in [5.41, 5.74) is 5.69. The molecule has 1 aliphatic carbocycles. The number of allylic oxidation sites excluding steroid dienone is 2. The summed E-state index contributed by atoms with van der Waals surface area (Å²) in [4.78, 5) is 15.0. The molecular formula is C20H16N4O3S. The highest BCUT2D eigenvalue weighted by molar-refractivity contribution is 7.14. The Morgan fingerprint density at radius 2 is 2.14 bits per heavy atom. The van der Waals surface area contributed by atoms with Crippen LogP contribution in [0.1, 0.15) is 17.9 Å². The first-order chi connectivity index (χ1) is 13.7. The second kappa shape index (κ2) is 8.01. The van der Waals surface area contributed by atoms with Gasteiger partial charge in [0.05, 0.1) is 11.9 Å². The molecule has 1 aromatic carbocycles. The average Bonchev–Trinajstić information content (AvgIpc) is 3.39. The fourth-order valence-corrected chi connectivity index (χ4v) is 3.41. The Kier molecular flexibility index (Phi) is 5.11. The first kappa shape index (κ1) is 17.9. The molecule has 1 aliphatic rings. The smallest absolute Gasteiger partial charge is 0.235 e. The molecule has 1 N–H and O–H groups in total. The van der Waals surface area contributed by atoms with E-state index in [0.717, 1.165) is 16.8 Å². The van der Waals surface area contributed by atoms with E-state index in [1.54, 1.807) is 24.4 Å². The highest BCUT2D eigenvalue weighted by Crippen LogP contribution is 2.25. The molecule has 1 atom stereocenters. The van der Waals surface area contributed by atoms with Crippen molar-refractivity contribution in [2.45, 2.75) is 12.5 Å². The summed E-state index contributed by atoms with van der Waals surface area (Å²) < 4.78 is 5.74. The molecule has 0 spiro atoms. The van der Waals surface area contributed by atoms with Crippen LogP contribution in [0.5, 0.6) is 0 Å². The van der Waals surface area contributed by atoms with E-state index in [9.17, 15) is 10.1 Å². The second-order valence-corrected chi connectivity index (χ2v) is 6.94. The minimum atomic E-state index is -0.664. The van der Waals surface area contributed by atoms with E-state index in [0.29, 0.717) is 23.1 Å². The van der Waals surface area contributed by atoms with Crippen LogP contribution in [0.3, 0.4) is 0 Å². The van der Waals surface area contributed by atoms with Crippen LogP contribution in [0.15, 0.2) is 75.6 Å². The minimum absolute atomic E-state index is 0.294. The van der Waals surface area contributed by atoms with Gasteiger partial charge in [-0.1, -0.05) is 36.4 Å². The van der Waals surface area contributed by atoms with Gasteiger partial charge in [-0.15, -0.1) is 11.3 Å². The van der Waals surface area contributed by atoms with Gasteiger partial charge in [-0.3, -0.25) is 15.5 Å². The number of hydrogen-bond donors (Lipinski definition) is 1.